The van der Waals surface area contributed by atoms with Crippen LogP contribution in [0.2, 0.25) is 0 Å². The molecule has 1 aliphatic carbocycles. The van der Waals surface area contributed by atoms with Gasteiger partial charge in [-0.3, -0.25) is 4.79 Å². The van der Waals surface area contributed by atoms with Gasteiger partial charge in [0.25, 0.3) is 5.91 Å². The van der Waals surface area contributed by atoms with Crippen LogP contribution in [0.4, 0.5) is 10.2 Å². The van der Waals surface area contributed by atoms with Gasteiger partial charge in [0.1, 0.15) is 11.6 Å². The fourth-order valence-corrected chi connectivity index (χ4v) is 4.11. The number of hydrogen-bond donors (Lipinski definition) is 4. The first kappa shape index (κ1) is 22.4. The minimum absolute atomic E-state index is 0.293. The summed E-state index contributed by atoms with van der Waals surface area (Å²) < 4.78 is 13.7. The van der Waals surface area contributed by atoms with Gasteiger partial charge in [-0.25, -0.2) is 9.37 Å². The number of nitrogens with one attached hydrogen (secondary N) is 3. The van der Waals surface area contributed by atoms with Gasteiger partial charge < -0.3 is 21.7 Å². The third-order valence-corrected chi connectivity index (χ3v) is 5.74. The zero-order chi connectivity index (χ0) is 21.5. The molecule has 5 N–H and O–H groups in total. The zero-order valence-corrected chi connectivity index (χ0v) is 18.0. The normalized spacial score (nSPS) is 16.9. The number of nitrogens with zero attached hydrogens (tertiary/aromatic N) is 1. The van der Waals surface area contributed by atoms with E-state index in [0.29, 0.717) is 40.9 Å². The molecule has 0 aliphatic heterocycles. The minimum atomic E-state index is -0.474. The van der Waals surface area contributed by atoms with E-state index >= 15 is 0 Å². The van der Waals surface area contributed by atoms with Crippen LogP contribution in [0.15, 0.2) is 24.3 Å². The zero-order valence-electron chi connectivity index (χ0n) is 18.0. The van der Waals surface area contributed by atoms with E-state index in [2.05, 4.69) is 27.9 Å². The molecule has 1 aliphatic rings. The molecule has 2 aromatic rings. The van der Waals surface area contributed by atoms with Crippen LogP contribution in [-0.2, 0) is 0 Å². The van der Waals surface area contributed by atoms with Gasteiger partial charge in [0, 0.05) is 30.1 Å². The van der Waals surface area contributed by atoms with Crippen molar-refractivity contribution in [3.63, 3.8) is 0 Å². The molecule has 0 spiro atoms. The molecule has 0 radical (unpaired) electrons. The van der Waals surface area contributed by atoms with E-state index in [0.717, 1.165) is 12.8 Å². The van der Waals surface area contributed by atoms with Crippen LogP contribution in [0, 0.1) is 5.82 Å². The van der Waals surface area contributed by atoms with E-state index in [1.807, 2.05) is 0 Å². The Morgan fingerprint density at radius 3 is 2.73 bits per heavy atom. The number of rotatable bonds is 9. The average Bonchev–Trinajstić information content (AvgIpc) is 2.72. The molecule has 1 saturated carbocycles. The fraction of sp³-hybridized carbons (Fsp3) is 0.565. The number of hydrogen-bond acceptors (Lipinski definition) is 5. The van der Waals surface area contributed by atoms with E-state index in [9.17, 15) is 9.18 Å². The Kier molecular flexibility index (Phi) is 7.99. The van der Waals surface area contributed by atoms with E-state index in [1.165, 1.54) is 44.2 Å². The van der Waals surface area contributed by atoms with Crippen molar-refractivity contribution in [3.8, 4) is 0 Å². The van der Waals surface area contributed by atoms with Crippen molar-refractivity contribution in [1.82, 2.24) is 15.6 Å². The molecule has 1 fully saturated rings. The number of amides is 1. The topological polar surface area (TPSA) is 92.1 Å². The number of carbonyl (C=O) groups excluding carboxylic acids is 1. The highest BCUT2D eigenvalue weighted by molar-refractivity contribution is 6.02. The van der Waals surface area contributed by atoms with Crippen molar-refractivity contribution in [2.75, 3.05) is 11.9 Å². The van der Waals surface area contributed by atoms with E-state index in [4.69, 9.17) is 5.73 Å². The number of anilines is 1. The largest absolute Gasteiger partial charge is 0.369 e. The molecule has 30 heavy (non-hydrogen) atoms. The highest BCUT2D eigenvalue weighted by Crippen LogP contribution is 2.22. The molecule has 3 rings (SSSR count). The lowest BCUT2D eigenvalue weighted by atomic mass is 9.94. The Labute approximate surface area is 178 Å². The van der Waals surface area contributed by atoms with Gasteiger partial charge in [0.15, 0.2) is 0 Å². The van der Waals surface area contributed by atoms with E-state index in [1.54, 1.807) is 19.1 Å². The van der Waals surface area contributed by atoms with Crippen molar-refractivity contribution in [2.45, 2.75) is 77.0 Å². The molecule has 1 amide bonds. The summed E-state index contributed by atoms with van der Waals surface area (Å²) in [5.41, 5.74) is 6.66. The summed E-state index contributed by atoms with van der Waals surface area (Å²) in [5.74, 6) is -0.186. The van der Waals surface area contributed by atoms with Crippen LogP contribution < -0.4 is 21.7 Å². The summed E-state index contributed by atoms with van der Waals surface area (Å²) >= 11 is 0. The first-order chi connectivity index (χ1) is 14.5. The molecule has 2 atom stereocenters. The Morgan fingerprint density at radius 1 is 1.27 bits per heavy atom. The van der Waals surface area contributed by atoms with Crippen LogP contribution in [0.1, 0.15) is 69.2 Å². The minimum Gasteiger partial charge on any atom is -0.369 e. The Balaban J connectivity index is 1.71. The SMILES string of the molecule is CCC(CCNc1nc2cc(F)ccc2cc1C(=O)NC(C)N)NC1CCCCC1. The monoisotopic (exact) mass is 415 g/mol. The number of nitrogens with two attached hydrogens (primary N) is 1. The second-order valence-electron chi connectivity index (χ2n) is 8.31. The number of carbonyl (C=O) groups is 1. The third-order valence-electron chi connectivity index (χ3n) is 5.74. The maximum absolute atomic E-state index is 13.7. The maximum atomic E-state index is 13.7. The quantitative estimate of drug-likeness (QED) is 0.466. The third kappa shape index (κ3) is 6.12. The Bertz CT molecular complexity index is 851. The summed E-state index contributed by atoms with van der Waals surface area (Å²) in [7, 11) is 0. The molecule has 2 unspecified atom stereocenters. The molecule has 1 aromatic carbocycles. The van der Waals surface area contributed by atoms with Crippen molar-refractivity contribution in [3.05, 3.63) is 35.6 Å². The maximum Gasteiger partial charge on any atom is 0.256 e. The predicted molar refractivity (Wildman–Crippen MR) is 120 cm³/mol. The Morgan fingerprint density at radius 2 is 2.03 bits per heavy atom. The lowest BCUT2D eigenvalue weighted by Gasteiger charge is -2.28. The lowest BCUT2D eigenvalue weighted by Crippen LogP contribution is -2.40. The van der Waals surface area contributed by atoms with Gasteiger partial charge in [-0.15, -0.1) is 0 Å². The van der Waals surface area contributed by atoms with Crippen LogP contribution in [0.5, 0.6) is 0 Å². The number of aromatic nitrogens is 1. The van der Waals surface area contributed by atoms with Crippen LogP contribution >= 0.6 is 0 Å². The van der Waals surface area contributed by atoms with Crippen LogP contribution in [-0.4, -0.2) is 35.7 Å². The van der Waals surface area contributed by atoms with Crippen molar-refractivity contribution < 1.29 is 9.18 Å². The van der Waals surface area contributed by atoms with Crippen LogP contribution in [0.25, 0.3) is 10.9 Å². The first-order valence-electron chi connectivity index (χ1n) is 11.1. The summed E-state index contributed by atoms with van der Waals surface area (Å²) in [6, 6.07) is 7.14. The fourth-order valence-electron chi connectivity index (χ4n) is 4.11. The number of fused-ring (bicyclic) bond motifs is 1. The van der Waals surface area contributed by atoms with Crippen molar-refractivity contribution >= 4 is 22.6 Å². The van der Waals surface area contributed by atoms with E-state index < -0.39 is 6.17 Å². The van der Waals surface area contributed by atoms with Crippen molar-refractivity contribution in [2.24, 2.45) is 5.73 Å². The molecule has 6 nitrogen and oxygen atoms in total. The Hall–Kier alpha value is -2.25. The van der Waals surface area contributed by atoms with Gasteiger partial charge in [0.05, 0.1) is 17.2 Å². The molecule has 7 heteroatoms. The molecular weight excluding hydrogens is 381 g/mol. The van der Waals surface area contributed by atoms with Gasteiger partial charge in [-0.05, 0) is 50.8 Å². The van der Waals surface area contributed by atoms with E-state index in [-0.39, 0.29) is 11.7 Å². The number of benzene rings is 1. The molecule has 0 bridgehead atoms. The molecular formula is C23H34FN5O. The predicted octanol–water partition coefficient (Wildman–Crippen LogP) is 3.91. The van der Waals surface area contributed by atoms with Gasteiger partial charge >= 0.3 is 0 Å². The van der Waals surface area contributed by atoms with Crippen molar-refractivity contribution in [1.29, 1.82) is 0 Å². The highest BCUT2D eigenvalue weighted by Gasteiger charge is 2.18. The molecule has 164 valence electrons. The molecule has 0 saturated heterocycles. The van der Waals surface area contributed by atoms with Gasteiger partial charge in [-0.2, -0.15) is 0 Å². The summed E-state index contributed by atoms with van der Waals surface area (Å²) in [6.07, 6.45) is 7.96. The van der Waals surface area contributed by atoms with Gasteiger partial charge in [-0.1, -0.05) is 26.2 Å². The first-order valence-corrected chi connectivity index (χ1v) is 11.1. The highest BCUT2D eigenvalue weighted by atomic mass is 19.1. The van der Waals surface area contributed by atoms with Crippen LogP contribution in [0.3, 0.4) is 0 Å². The molecule has 1 heterocycles. The number of pyridine rings is 1. The molecule has 1 aromatic heterocycles. The smallest absolute Gasteiger partial charge is 0.256 e. The summed E-state index contributed by atoms with van der Waals surface area (Å²) in [6.45, 7) is 4.57. The average molecular weight is 416 g/mol. The second kappa shape index (κ2) is 10.7. The number of halogens is 1. The summed E-state index contributed by atoms with van der Waals surface area (Å²) in [4.78, 5) is 17.2. The van der Waals surface area contributed by atoms with Gasteiger partial charge in [0.2, 0.25) is 0 Å². The second-order valence-corrected chi connectivity index (χ2v) is 8.31. The standard InChI is InChI=1S/C23H34FN5O/c1-3-18(28-19-7-5-4-6-8-19)11-12-26-22-20(23(30)27-15(2)25)13-16-9-10-17(24)14-21(16)29-22/h9-10,13-15,18-19,28H,3-8,11-12,25H2,1-2H3,(H,26,29)(H,27,30). The lowest BCUT2D eigenvalue weighted by molar-refractivity contribution is 0.0942. The summed E-state index contributed by atoms with van der Waals surface area (Å²) in [5, 5.41) is 10.5.